The Balaban J connectivity index is 1.80. The molecule has 35 heavy (non-hydrogen) atoms. The summed E-state index contributed by atoms with van der Waals surface area (Å²) in [5.74, 6) is -2.18. The van der Waals surface area contributed by atoms with Gasteiger partial charge >= 0.3 is 5.97 Å². The van der Waals surface area contributed by atoms with Crippen LogP contribution in [0.25, 0.3) is 0 Å². The van der Waals surface area contributed by atoms with E-state index in [1.807, 2.05) is 30.3 Å². The maximum Gasteiger partial charge on any atom is 0.328 e. The minimum Gasteiger partial charge on any atom is -0.478 e. The van der Waals surface area contributed by atoms with Gasteiger partial charge in [-0.25, -0.2) is 18.4 Å². The van der Waals surface area contributed by atoms with Gasteiger partial charge in [0, 0.05) is 28.4 Å². The molecule has 1 atom stereocenters. The fourth-order valence-electron chi connectivity index (χ4n) is 2.95. The predicted molar refractivity (Wildman–Crippen MR) is 133 cm³/mol. The van der Waals surface area contributed by atoms with Crippen LogP contribution in [0, 0.1) is 0 Å². The van der Waals surface area contributed by atoms with Crippen molar-refractivity contribution >= 4 is 50.9 Å². The molecule has 1 unspecified atom stereocenters. The topological polar surface area (TPSA) is 156 Å². The molecule has 180 valence electrons. The maximum absolute atomic E-state index is 13.2. The molecule has 11 heteroatoms. The molecule has 0 fully saturated rings. The van der Waals surface area contributed by atoms with Crippen LogP contribution in [0.3, 0.4) is 0 Å². The second-order valence-corrected chi connectivity index (χ2v) is 9.90. The van der Waals surface area contributed by atoms with Crippen molar-refractivity contribution in [3.8, 4) is 0 Å². The first kappa shape index (κ1) is 25.7. The molecule has 0 spiro atoms. The zero-order valence-corrected chi connectivity index (χ0v) is 19.8. The second kappa shape index (κ2) is 11.5. The van der Waals surface area contributed by atoms with Gasteiger partial charge < -0.3 is 15.7 Å². The Morgan fingerprint density at radius 1 is 0.857 bits per heavy atom. The summed E-state index contributed by atoms with van der Waals surface area (Å²) in [5, 5.41) is 18.4. The summed E-state index contributed by atoms with van der Waals surface area (Å²) < 4.78 is 22.9. The van der Waals surface area contributed by atoms with Gasteiger partial charge in [-0.3, -0.25) is 9.59 Å². The first-order valence-corrected chi connectivity index (χ1v) is 12.5. The number of aliphatic carboxylic acids is 1. The van der Waals surface area contributed by atoms with Crippen LogP contribution in [0.5, 0.6) is 0 Å². The van der Waals surface area contributed by atoms with Crippen molar-refractivity contribution in [2.75, 3.05) is 10.6 Å². The molecule has 0 aliphatic heterocycles. The van der Waals surface area contributed by atoms with E-state index in [2.05, 4.69) is 10.6 Å². The normalized spacial score (nSPS) is 12.1. The molecule has 0 saturated heterocycles. The SMILES string of the molecule is NS(=O)(=O)c1ccc(NC(=O)C(Sc2cccc(NC(=O)/C=C/C(=O)O)c2)c2ccccc2)cc1. The molecule has 0 aromatic heterocycles. The zero-order chi connectivity index (χ0) is 25.4. The summed E-state index contributed by atoms with van der Waals surface area (Å²) in [4.78, 5) is 36.3. The zero-order valence-electron chi connectivity index (χ0n) is 18.1. The highest BCUT2D eigenvalue weighted by molar-refractivity contribution is 8.00. The number of hydrogen-bond donors (Lipinski definition) is 4. The highest BCUT2D eigenvalue weighted by Crippen LogP contribution is 2.37. The van der Waals surface area contributed by atoms with Crippen LogP contribution in [0.1, 0.15) is 10.8 Å². The monoisotopic (exact) mass is 511 g/mol. The van der Waals surface area contributed by atoms with E-state index in [9.17, 15) is 22.8 Å². The third-order valence-electron chi connectivity index (χ3n) is 4.52. The van der Waals surface area contributed by atoms with Gasteiger partial charge in [-0.1, -0.05) is 36.4 Å². The molecule has 0 bridgehead atoms. The van der Waals surface area contributed by atoms with E-state index in [0.717, 1.165) is 17.7 Å². The number of anilines is 2. The number of amides is 2. The van der Waals surface area contributed by atoms with E-state index < -0.39 is 27.1 Å². The van der Waals surface area contributed by atoms with Crippen LogP contribution >= 0.6 is 11.8 Å². The van der Waals surface area contributed by atoms with Crippen LogP contribution in [-0.4, -0.2) is 31.3 Å². The fraction of sp³-hybridized carbons (Fsp3) is 0.0417. The van der Waals surface area contributed by atoms with Gasteiger partial charge in [0.1, 0.15) is 5.25 Å². The molecule has 9 nitrogen and oxygen atoms in total. The number of benzene rings is 3. The highest BCUT2D eigenvalue weighted by Gasteiger charge is 2.22. The number of nitrogens with one attached hydrogen (secondary N) is 2. The predicted octanol–water partition coefficient (Wildman–Crippen LogP) is 3.39. The number of carbonyl (C=O) groups is 3. The van der Waals surface area contributed by atoms with E-state index in [1.165, 1.54) is 36.0 Å². The Kier molecular flexibility index (Phi) is 8.42. The second-order valence-electron chi connectivity index (χ2n) is 7.16. The average molecular weight is 512 g/mol. The lowest BCUT2D eigenvalue weighted by Gasteiger charge is -2.18. The molecule has 3 aromatic carbocycles. The summed E-state index contributed by atoms with van der Waals surface area (Å²) in [6.07, 6.45) is 1.64. The standard InChI is InChI=1S/C24H21N3O6S2/c25-35(32,33)20-11-9-17(10-12-20)27-24(31)23(16-5-2-1-3-6-16)34-19-8-4-7-18(15-19)26-21(28)13-14-22(29)30/h1-15,23H,(H,26,28)(H,27,31)(H,29,30)(H2,25,32,33)/b14-13+. The molecule has 5 N–H and O–H groups in total. The summed E-state index contributed by atoms with van der Waals surface area (Å²) in [5.41, 5.74) is 1.56. The molecular formula is C24H21N3O6S2. The Labute approximate surface area is 206 Å². The van der Waals surface area contributed by atoms with Gasteiger partial charge in [-0.2, -0.15) is 0 Å². The van der Waals surface area contributed by atoms with Gasteiger partial charge in [0.15, 0.2) is 0 Å². The lowest BCUT2D eigenvalue weighted by Crippen LogP contribution is -2.19. The number of nitrogens with two attached hydrogens (primary N) is 1. The summed E-state index contributed by atoms with van der Waals surface area (Å²) in [6.45, 7) is 0. The number of hydrogen-bond acceptors (Lipinski definition) is 6. The van der Waals surface area contributed by atoms with Crippen molar-refractivity contribution in [1.82, 2.24) is 0 Å². The van der Waals surface area contributed by atoms with E-state index in [1.54, 1.807) is 24.3 Å². The number of sulfonamides is 1. The minimum absolute atomic E-state index is 0.0680. The lowest BCUT2D eigenvalue weighted by molar-refractivity contribution is -0.131. The lowest BCUT2D eigenvalue weighted by atomic mass is 10.1. The molecule has 3 rings (SSSR count). The van der Waals surface area contributed by atoms with E-state index >= 15 is 0 Å². The van der Waals surface area contributed by atoms with Crippen molar-refractivity contribution in [2.24, 2.45) is 5.14 Å². The quantitative estimate of drug-likeness (QED) is 0.253. The Hall–Kier alpha value is -3.93. The van der Waals surface area contributed by atoms with Crippen molar-refractivity contribution in [2.45, 2.75) is 15.0 Å². The molecule has 0 aliphatic rings. The smallest absolute Gasteiger partial charge is 0.328 e. The summed E-state index contributed by atoms with van der Waals surface area (Å²) >= 11 is 1.24. The van der Waals surface area contributed by atoms with Gasteiger partial charge in [-0.15, -0.1) is 11.8 Å². The number of rotatable bonds is 9. The fourth-order valence-corrected chi connectivity index (χ4v) is 4.55. The third-order valence-corrected chi connectivity index (χ3v) is 6.70. The Morgan fingerprint density at radius 3 is 2.17 bits per heavy atom. The minimum atomic E-state index is -3.85. The van der Waals surface area contributed by atoms with Crippen molar-refractivity contribution in [3.63, 3.8) is 0 Å². The largest absolute Gasteiger partial charge is 0.478 e. The molecular weight excluding hydrogens is 490 g/mol. The Bertz CT molecular complexity index is 1360. The summed E-state index contributed by atoms with van der Waals surface area (Å²) in [6, 6.07) is 21.4. The van der Waals surface area contributed by atoms with Crippen LogP contribution in [-0.2, 0) is 24.4 Å². The van der Waals surface area contributed by atoms with Crippen molar-refractivity contribution in [1.29, 1.82) is 0 Å². The number of primary sulfonamides is 1. The van der Waals surface area contributed by atoms with Gasteiger partial charge in [0.05, 0.1) is 4.90 Å². The molecule has 0 aliphatic carbocycles. The van der Waals surface area contributed by atoms with Crippen LogP contribution in [0.15, 0.2) is 101 Å². The molecule has 0 saturated carbocycles. The number of thioether (sulfide) groups is 1. The van der Waals surface area contributed by atoms with Crippen LogP contribution in [0.2, 0.25) is 0 Å². The first-order chi connectivity index (χ1) is 16.6. The number of carboxylic acids is 1. The highest BCUT2D eigenvalue weighted by atomic mass is 32.2. The number of carboxylic acid groups (broad SMARTS) is 1. The molecule has 3 aromatic rings. The maximum atomic E-state index is 13.2. The van der Waals surface area contributed by atoms with Crippen LogP contribution < -0.4 is 15.8 Å². The summed E-state index contributed by atoms with van der Waals surface area (Å²) in [7, 11) is -3.85. The average Bonchev–Trinajstić information content (AvgIpc) is 2.82. The van der Waals surface area contributed by atoms with E-state index in [4.69, 9.17) is 10.2 Å². The Morgan fingerprint density at radius 2 is 1.54 bits per heavy atom. The molecule has 0 radical (unpaired) electrons. The van der Waals surface area contributed by atoms with E-state index in [-0.39, 0.29) is 10.8 Å². The van der Waals surface area contributed by atoms with Gasteiger partial charge in [0.2, 0.25) is 21.8 Å². The molecule has 0 heterocycles. The van der Waals surface area contributed by atoms with E-state index in [0.29, 0.717) is 16.3 Å². The first-order valence-electron chi connectivity index (χ1n) is 10.1. The van der Waals surface area contributed by atoms with Crippen molar-refractivity contribution < 1.29 is 27.9 Å². The molecule has 2 amide bonds. The van der Waals surface area contributed by atoms with Gasteiger partial charge in [0.25, 0.3) is 0 Å². The van der Waals surface area contributed by atoms with Gasteiger partial charge in [-0.05, 0) is 48.0 Å². The van der Waals surface area contributed by atoms with Crippen molar-refractivity contribution in [3.05, 3.63) is 96.6 Å². The number of carbonyl (C=O) groups excluding carboxylic acids is 2. The third kappa shape index (κ3) is 7.81. The van der Waals surface area contributed by atoms with Crippen LogP contribution in [0.4, 0.5) is 11.4 Å².